The van der Waals surface area contributed by atoms with Crippen LogP contribution in [0.2, 0.25) is 0 Å². The lowest BCUT2D eigenvalue weighted by atomic mass is 9.94. The molecule has 1 atom stereocenters. The predicted molar refractivity (Wildman–Crippen MR) is 83.2 cm³/mol. The predicted octanol–water partition coefficient (Wildman–Crippen LogP) is 2.48. The van der Waals surface area contributed by atoms with Crippen LogP contribution in [0.5, 0.6) is 0 Å². The van der Waals surface area contributed by atoms with Gasteiger partial charge in [-0.1, -0.05) is 20.8 Å². The lowest BCUT2D eigenvalue weighted by Crippen LogP contribution is -2.36. The average Bonchev–Trinajstić information content (AvgIpc) is 3.10. The maximum absolute atomic E-state index is 5.91. The van der Waals surface area contributed by atoms with Gasteiger partial charge >= 0.3 is 0 Å². The summed E-state index contributed by atoms with van der Waals surface area (Å²) in [4.78, 5) is 10.9. The summed E-state index contributed by atoms with van der Waals surface area (Å²) >= 11 is 0. The van der Waals surface area contributed by atoms with Crippen molar-refractivity contribution >= 4 is 0 Å². The van der Waals surface area contributed by atoms with Crippen LogP contribution in [0.25, 0.3) is 0 Å². The van der Waals surface area contributed by atoms with Gasteiger partial charge in [-0.15, -0.1) is 0 Å². The molecule has 2 aromatic heterocycles. The summed E-state index contributed by atoms with van der Waals surface area (Å²) in [7, 11) is 0. The summed E-state index contributed by atoms with van der Waals surface area (Å²) in [6.07, 6.45) is 7.72. The Morgan fingerprint density at radius 3 is 2.91 bits per heavy atom. The van der Waals surface area contributed by atoms with Crippen molar-refractivity contribution in [3.63, 3.8) is 0 Å². The first-order valence-corrected chi connectivity index (χ1v) is 8.00. The van der Waals surface area contributed by atoms with E-state index in [2.05, 4.69) is 40.7 Å². The van der Waals surface area contributed by atoms with E-state index in [4.69, 9.17) is 4.42 Å². The number of rotatable bonds is 4. The van der Waals surface area contributed by atoms with Crippen LogP contribution in [0, 0.1) is 5.92 Å². The highest BCUT2D eigenvalue weighted by Gasteiger charge is 2.23. The molecule has 3 heterocycles. The largest absolute Gasteiger partial charge is 0.444 e. The molecule has 0 amide bonds. The second kappa shape index (κ2) is 6.20. The zero-order valence-corrected chi connectivity index (χ0v) is 13.7. The van der Waals surface area contributed by atoms with Crippen molar-refractivity contribution in [3.05, 3.63) is 30.5 Å². The molecule has 22 heavy (non-hydrogen) atoms. The Morgan fingerprint density at radius 2 is 2.23 bits per heavy atom. The van der Waals surface area contributed by atoms with Crippen LogP contribution < -0.4 is 0 Å². The fraction of sp³-hybridized carbons (Fsp3) is 0.688. The van der Waals surface area contributed by atoms with Gasteiger partial charge < -0.3 is 4.42 Å². The Hall–Kier alpha value is -1.69. The average molecular weight is 303 g/mol. The summed E-state index contributed by atoms with van der Waals surface area (Å²) in [5.74, 6) is 2.40. The Morgan fingerprint density at radius 1 is 1.36 bits per heavy atom. The van der Waals surface area contributed by atoms with Gasteiger partial charge in [0.15, 0.2) is 0 Å². The van der Waals surface area contributed by atoms with Gasteiger partial charge in [-0.25, -0.2) is 9.97 Å². The van der Waals surface area contributed by atoms with Crippen molar-refractivity contribution in [2.75, 3.05) is 13.1 Å². The van der Waals surface area contributed by atoms with Crippen LogP contribution in [-0.4, -0.2) is 37.7 Å². The summed E-state index contributed by atoms with van der Waals surface area (Å²) in [6, 6.07) is 0. The fourth-order valence-corrected chi connectivity index (χ4v) is 2.96. The smallest absolute Gasteiger partial charge is 0.208 e. The highest BCUT2D eigenvalue weighted by Crippen LogP contribution is 2.24. The van der Waals surface area contributed by atoms with Gasteiger partial charge in [-0.05, 0) is 25.3 Å². The second-order valence-corrected chi connectivity index (χ2v) is 7.23. The van der Waals surface area contributed by atoms with E-state index in [1.807, 2.05) is 10.9 Å². The van der Waals surface area contributed by atoms with E-state index in [0.29, 0.717) is 5.92 Å². The van der Waals surface area contributed by atoms with Crippen LogP contribution in [0.4, 0.5) is 0 Å². The van der Waals surface area contributed by atoms with E-state index in [1.165, 1.54) is 12.8 Å². The van der Waals surface area contributed by atoms with Gasteiger partial charge in [0, 0.05) is 18.5 Å². The SMILES string of the molecule is CC(C)(C)c1cnc(CN2CCC[C@@H](Cn3cncn3)C2)o1. The molecule has 6 heteroatoms. The molecular formula is C16H25N5O. The molecular weight excluding hydrogens is 278 g/mol. The van der Waals surface area contributed by atoms with Crippen molar-refractivity contribution in [3.8, 4) is 0 Å². The minimum Gasteiger partial charge on any atom is -0.444 e. The molecule has 0 N–H and O–H groups in total. The van der Waals surface area contributed by atoms with Gasteiger partial charge in [0.1, 0.15) is 18.4 Å². The number of hydrogen-bond donors (Lipinski definition) is 0. The molecule has 0 aliphatic carbocycles. The first kappa shape index (κ1) is 15.2. The minimum atomic E-state index is 0.0166. The highest BCUT2D eigenvalue weighted by atomic mass is 16.4. The number of likely N-dealkylation sites (tertiary alicyclic amines) is 1. The number of oxazole rings is 1. The molecule has 6 nitrogen and oxygen atoms in total. The zero-order valence-electron chi connectivity index (χ0n) is 13.7. The quantitative estimate of drug-likeness (QED) is 0.868. The first-order valence-electron chi connectivity index (χ1n) is 8.00. The van der Waals surface area contributed by atoms with Crippen molar-refractivity contribution in [1.29, 1.82) is 0 Å². The highest BCUT2D eigenvalue weighted by molar-refractivity contribution is 5.06. The standard InChI is InChI=1S/C16H25N5O/c1-16(2,3)14-7-18-15(22-14)10-20-6-4-5-13(8-20)9-21-12-17-11-19-21/h7,11-13H,4-6,8-10H2,1-3H3/t13-/m1/s1. The Bertz CT molecular complexity index is 584. The molecule has 1 aliphatic rings. The Labute approximate surface area is 131 Å². The van der Waals surface area contributed by atoms with Gasteiger partial charge in [0.05, 0.1) is 12.7 Å². The van der Waals surface area contributed by atoms with Gasteiger partial charge in [-0.2, -0.15) is 5.10 Å². The lowest BCUT2D eigenvalue weighted by molar-refractivity contribution is 0.140. The second-order valence-electron chi connectivity index (χ2n) is 7.23. The van der Waals surface area contributed by atoms with E-state index in [1.54, 1.807) is 12.7 Å². The van der Waals surface area contributed by atoms with Crippen LogP contribution in [0.15, 0.2) is 23.3 Å². The van der Waals surface area contributed by atoms with Crippen molar-refractivity contribution < 1.29 is 4.42 Å². The molecule has 1 aliphatic heterocycles. The molecule has 3 rings (SSSR count). The Kier molecular flexibility index (Phi) is 4.29. The zero-order chi connectivity index (χ0) is 15.6. The van der Waals surface area contributed by atoms with Gasteiger partial charge in [0.2, 0.25) is 5.89 Å². The minimum absolute atomic E-state index is 0.0166. The molecule has 1 fully saturated rings. The third kappa shape index (κ3) is 3.74. The summed E-state index contributed by atoms with van der Waals surface area (Å²) in [5.41, 5.74) is 0.0166. The third-order valence-corrected chi connectivity index (χ3v) is 4.17. The number of nitrogens with zero attached hydrogens (tertiary/aromatic N) is 5. The maximum atomic E-state index is 5.91. The molecule has 120 valence electrons. The molecule has 1 saturated heterocycles. The Balaban J connectivity index is 1.57. The van der Waals surface area contributed by atoms with Crippen LogP contribution in [0.1, 0.15) is 45.3 Å². The van der Waals surface area contributed by atoms with Crippen LogP contribution in [-0.2, 0) is 18.5 Å². The summed E-state index contributed by atoms with van der Waals surface area (Å²) in [5, 5.41) is 4.21. The topological polar surface area (TPSA) is 60.0 Å². The van der Waals surface area contributed by atoms with Crippen molar-refractivity contribution in [1.82, 2.24) is 24.6 Å². The molecule has 2 aromatic rings. The number of hydrogen-bond acceptors (Lipinski definition) is 5. The fourth-order valence-electron chi connectivity index (χ4n) is 2.96. The van der Waals surface area contributed by atoms with Crippen molar-refractivity contribution in [2.24, 2.45) is 5.92 Å². The maximum Gasteiger partial charge on any atom is 0.208 e. The monoisotopic (exact) mass is 303 g/mol. The number of piperidine rings is 1. The van der Waals surface area contributed by atoms with Crippen LogP contribution in [0.3, 0.4) is 0 Å². The molecule has 0 spiro atoms. The summed E-state index contributed by atoms with van der Waals surface area (Å²) in [6.45, 7) is 10.3. The van der Waals surface area contributed by atoms with E-state index in [0.717, 1.165) is 37.8 Å². The molecule has 0 saturated carbocycles. The van der Waals surface area contributed by atoms with E-state index in [-0.39, 0.29) is 5.41 Å². The lowest BCUT2D eigenvalue weighted by Gasteiger charge is -2.31. The molecule has 0 bridgehead atoms. The van der Waals surface area contributed by atoms with E-state index in [9.17, 15) is 0 Å². The van der Waals surface area contributed by atoms with Crippen LogP contribution >= 0.6 is 0 Å². The molecule has 0 aromatic carbocycles. The van der Waals surface area contributed by atoms with E-state index < -0.39 is 0 Å². The molecule has 0 radical (unpaired) electrons. The normalized spacial score (nSPS) is 20.4. The first-order chi connectivity index (χ1) is 10.5. The van der Waals surface area contributed by atoms with Crippen molar-refractivity contribution in [2.45, 2.75) is 52.1 Å². The van der Waals surface area contributed by atoms with Gasteiger partial charge in [0.25, 0.3) is 0 Å². The van der Waals surface area contributed by atoms with E-state index >= 15 is 0 Å². The number of aromatic nitrogens is 4. The van der Waals surface area contributed by atoms with Gasteiger partial charge in [-0.3, -0.25) is 9.58 Å². The molecule has 0 unspecified atom stereocenters. The third-order valence-electron chi connectivity index (χ3n) is 4.17. The summed E-state index contributed by atoms with van der Waals surface area (Å²) < 4.78 is 7.84.